The molecule has 2 heterocycles. The van der Waals surface area contributed by atoms with E-state index in [9.17, 15) is 30.3 Å². The van der Waals surface area contributed by atoms with E-state index >= 15 is 0 Å². The number of phenolic OH excluding ortho intramolecular Hbond substituents is 3. The van der Waals surface area contributed by atoms with E-state index in [0.29, 0.717) is 12.1 Å². The zero-order valence-corrected chi connectivity index (χ0v) is 21.0. The number of anilines is 1. The maximum absolute atomic E-state index is 13.1. The number of fused-ring (bicyclic) bond motifs is 3. The van der Waals surface area contributed by atoms with E-state index in [1.165, 1.54) is 18.2 Å². The zero-order chi connectivity index (χ0) is 27.7. The first kappa shape index (κ1) is 24.8. The third kappa shape index (κ3) is 3.98. The molecule has 4 atom stereocenters. The molecule has 9 nitrogen and oxygen atoms in total. The number of aliphatic hydroxyl groups is 2. The minimum Gasteiger partial charge on any atom is -0.508 e. The fraction of sp³-hybridized carbons (Fsp3) is 0.233. The summed E-state index contributed by atoms with van der Waals surface area (Å²) in [6, 6.07) is 13.6. The van der Waals surface area contributed by atoms with Gasteiger partial charge in [0.2, 0.25) is 0 Å². The van der Waals surface area contributed by atoms with Crippen LogP contribution in [0, 0.1) is 0 Å². The lowest BCUT2D eigenvalue weighted by atomic mass is 9.67. The molecule has 4 unspecified atom stereocenters. The van der Waals surface area contributed by atoms with E-state index < -0.39 is 22.7 Å². The second-order valence-electron chi connectivity index (χ2n) is 10.5. The Kier molecular flexibility index (Phi) is 5.43. The largest absolute Gasteiger partial charge is 0.508 e. The molecule has 39 heavy (non-hydrogen) atoms. The van der Waals surface area contributed by atoms with Crippen LogP contribution in [0.5, 0.6) is 23.0 Å². The SMILES string of the molecule is CC12CC(c3ccc(N)cc3)C=CC1(O)Cc1c(cc3oc(C(O)c4cc(O)cc(O)c4)cc(=O)c3c1O)O2. The van der Waals surface area contributed by atoms with Gasteiger partial charge in [0, 0.05) is 48.2 Å². The molecule has 0 radical (unpaired) electrons. The molecule has 1 aliphatic heterocycles. The molecule has 4 aromatic rings. The molecule has 7 N–H and O–H groups in total. The number of hydrogen-bond acceptors (Lipinski definition) is 9. The van der Waals surface area contributed by atoms with E-state index in [-0.39, 0.29) is 63.2 Å². The fourth-order valence-electron chi connectivity index (χ4n) is 5.65. The molecule has 0 spiro atoms. The summed E-state index contributed by atoms with van der Waals surface area (Å²) in [7, 11) is 0. The molecule has 3 aromatic carbocycles. The maximum atomic E-state index is 13.1. The van der Waals surface area contributed by atoms with Gasteiger partial charge in [-0.1, -0.05) is 24.3 Å². The lowest BCUT2D eigenvalue weighted by Gasteiger charge is -2.50. The molecule has 0 saturated carbocycles. The summed E-state index contributed by atoms with van der Waals surface area (Å²) >= 11 is 0. The highest BCUT2D eigenvalue weighted by Gasteiger charge is 2.54. The van der Waals surface area contributed by atoms with Crippen LogP contribution in [0.25, 0.3) is 11.0 Å². The first-order valence-electron chi connectivity index (χ1n) is 12.5. The van der Waals surface area contributed by atoms with Crippen LogP contribution in [-0.4, -0.2) is 36.7 Å². The van der Waals surface area contributed by atoms with Gasteiger partial charge in [0.15, 0.2) is 5.43 Å². The first-order valence-corrected chi connectivity index (χ1v) is 12.5. The Balaban J connectivity index is 1.42. The Morgan fingerprint density at radius 3 is 2.41 bits per heavy atom. The molecule has 6 rings (SSSR count). The standard InChI is InChI=1S/C30H27NO8/c1-29-13-16(15-2-4-18(31)5-3-15)6-7-30(29,37)14-21-23(39-29)12-24-26(28(21)36)22(34)11-25(38-24)27(35)17-8-19(32)10-20(33)9-17/h2-12,16,27,32-33,35-37H,13-14,31H2,1H3. The van der Waals surface area contributed by atoms with Crippen molar-refractivity contribution in [3.63, 3.8) is 0 Å². The van der Waals surface area contributed by atoms with Crippen molar-refractivity contribution in [1.82, 2.24) is 0 Å². The van der Waals surface area contributed by atoms with Crippen LogP contribution < -0.4 is 15.9 Å². The van der Waals surface area contributed by atoms with Crippen molar-refractivity contribution in [2.45, 2.75) is 43.0 Å². The summed E-state index contributed by atoms with van der Waals surface area (Å²) in [5.74, 6) is -0.858. The number of phenols is 3. The third-order valence-electron chi connectivity index (χ3n) is 7.86. The lowest BCUT2D eigenvalue weighted by molar-refractivity contribution is -0.117. The Morgan fingerprint density at radius 1 is 1.03 bits per heavy atom. The van der Waals surface area contributed by atoms with Crippen LogP contribution >= 0.6 is 0 Å². The van der Waals surface area contributed by atoms with Crippen molar-refractivity contribution >= 4 is 16.7 Å². The molecular weight excluding hydrogens is 502 g/mol. The van der Waals surface area contributed by atoms with Gasteiger partial charge in [0.1, 0.15) is 57.0 Å². The summed E-state index contributed by atoms with van der Waals surface area (Å²) in [4.78, 5) is 13.1. The molecular formula is C30H27NO8. The monoisotopic (exact) mass is 529 g/mol. The number of hydrogen-bond donors (Lipinski definition) is 6. The number of aromatic hydroxyl groups is 3. The van der Waals surface area contributed by atoms with E-state index in [2.05, 4.69) is 0 Å². The van der Waals surface area contributed by atoms with Crippen LogP contribution in [0.2, 0.25) is 0 Å². The average molecular weight is 530 g/mol. The van der Waals surface area contributed by atoms with Crippen LogP contribution in [0.15, 0.2) is 76.0 Å². The van der Waals surface area contributed by atoms with E-state index in [1.807, 2.05) is 30.3 Å². The Hall–Kier alpha value is -4.47. The van der Waals surface area contributed by atoms with Crippen molar-refractivity contribution < 1.29 is 34.7 Å². The van der Waals surface area contributed by atoms with E-state index in [4.69, 9.17) is 14.9 Å². The van der Waals surface area contributed by atoms with Gasteiger partial charge in [-0.05, 0) is 42.3 Å². The minimum absolute atomic E-state index is 0.0119. The predicted molar refractivity (Wildman–Crippen MR) is 143 cm³/mol. The summed E-state index contributed by atoms with van der Waals surface area (Å²) in [6.07, 6.45) is 2.58. The third-order valence-corrected chi connectivity index (χ3v) is 7.86. The number of nitrogen functional groups attached to an aromatic ring is 1. The highest BCUT2D eigenvalue weighted by Crippen LogP contribution is 2.51. The normalized spacial score (nSPS) is 24.5. The zero-order valence-electron chi connectivity index (χ0n) is 21.0. The molecule has 1 aromatic heterocycles. The molecule has 0 amide bonds. The van der Waals surface area contributed by atoms with Crippen LogP contribution in [-0.2, 0) is 6.42 Å². The smallest absolute Gasteiger partial charge is 0.196 e. The Labute approximate surface area is 222 Å². The number of allylic oxidation sites excluding steroid dienone is 1. The second-order valence-corrected chi connectivity index (χ2v) is 10.5. The predicted octanol–water partition coefficient (Wildman–Crippen LogP) is 3.74. The van der Waals surface area contributed by atoms with Crippen molar-refractivity contribution in [3.05, 3.63) is 99.4 Å². The first-order chi connectivity index (χ1) is 18.5. The van der Waals surface area contributed by atoms with Crippen molar-refractivity contribution in [2.75, 3.05) is 5.73 Å². The van der Waals surface area contributed by atoms with Crippen LogP contribution in [0.1, 0.15) is 47.8 Å². The van der Waals surface area contributed by atoms with Gasteiger partial charge in [0.25, 0.3) is 0 Å². The maximum Gasteiger partial charge on any atom is 0.196 e. The van der Waals surface area contributed by atoms with Gasteiger partial charge in [-0.3, -0.25) is 4.79 Å². The van der Waals surface area contributed by atoms with Crippen molar-refractivity contribution in [2.24, 2.45) is 0 Å². The minimum atomic E-state index is -1.48. The molecule has 0 saturated heterocycles. The molecule has 2 aliphatic rings. The van der Waals surface area contributed by atoms with E-state index in [1.54, 1.807) is 13.0 Å². The van der Waals surface area contributed by atoms with Crippen LogP contribution in [0.4, 0.5) is 5.69 Å². The number of nitrogens with two attached hydrogens (primary N) is 1. The fourth-order valence-corrected chi connectivity index (χ4v) is 5.65. The molecule has 1 aliphatic carbocycles. The van der Waals surface area contributed by atoms with Crippen molar-refractivity contribution in [3.8, 4) is 23.0 Å². The number of aliphatic hydroxyl groups excluding tert-OH is 1. The van der Waals surface area contributed by atoms with Gasteiger partial charge in [-0.2, -0.15) is 0 Å². The van der Waals surface area contributed by atoms with Crippen LogP contribution in [0.3, 0.4) is 0 Å². The lowest BCUT2D eigenvalue weighted by Crippen LogP contribution is -2.60. The van der Waals surface area contributed by atoms with Gasteiger partial charge >= 0.3 is 0 Å². The Bertz CT molecular complexity index is 1690. The highest BCUT2D eigenvalue weighted by molar-refractivity contribution is 5.87. The Morgan fingerprint density at radius 2 is 1.72 bits per heavy atom. The average Bonchev–Trinajstić information content (AvgIpc) is 2.87. The van der Waals surface area contributed by atoms with Gasteiger partial charge in [-0.15, -0.1) is 0 Å². The summed E-state index contributed by atoms with van der Waals surface area (Å²) < 4.78 is 12.2. The van der Waals surface area contributed by atoms with Gasteiger partial charge in [-0.25, -0.2) is 0 Å². The van der Waals surface area contributed by atoms with E-state index in [0.717, 1.165) is 17.7 Å². The topological polar surface area (TPSA) is 167 Å². The summed E-state index contributed by atoms with van der Waals surface area (Å²) in [6.45, 7) is 1.80. The number of benzene rings is 3. The molecule has 9 heteroatoms. The van der Waals surface area contributed by atoms with Crippen molar-refractivity contribution in [1.29, 1.82) is 0 Å². The number of rotatable bonds is 3. The van der Waals surface area contributed by atoms with Gasteiger partial charge in [0.05, 0.1) is 0 Å². The highest BCUT2D eigenvalue weighted by atomic mass is 16.5. The molecule has 0 bridgehead atoms. The van der Waals surface area contributed by atoms with Gasteiger partial charge < -0.3 is 40.4 Å². The molecule has 200 valence electrons. The summed E-state index contributed by atoms with van der Waals surface area (Å²) in [5.41, 5.74) is 4.73. The second kappa shape index (κ2) is 8.52. The quantitative estimate of drug-likeness (QED) is 0.171. The number of ether oxygens (including phenoxy) is 1. The molecule has 0 fully saturated rings. The summed E-state index contributed by atoms with van der Waals surface area (Å²) in [5, 5.41) is 53.0.